The van der Waals surface area contributed by atoms with Crippen LogP contribution in [0.15, 0.2) is 67.1 Å². The van der Waals surface area contributed by atoms with Crippen LogP contribution < -0.4 is 10.2 Å². The predicted molar refractivity (Wildman–Crippen MR) is 167 cm³/mol. The highest BCUT2D eigenvalue weighted by molar-refractivity contribution is 6.01. The summed E-state index contributed by atoms with van der Waals surface area (Å²) in [6.07, 6.45) is 8.10. The zero-order valence-electron chi connectivity index (χ0n) is 25.2. The quantitative estimate of drug-likeness (QED) is 0.269. The number of nitrogens with zero attached hydrogens (tertiary/aromatic N) is 6. The number of benzene rings is 1. The minimum atomic E-state index is -0.206. The summed E-state index contributed by atoms with van der Waals surface area (Å²) >= 11 is 0. The number of amides is 1. The maximum absolute atomic E-state index is 13.6. The van der Waals surface area contributed by atoms with Gasteiger partial charge in [-0.25, -0.2) is 9.97 Å². The molecule has 228 valence electrons. The predicted octanol–water partition coefficient (Wildman–Crippen LogP) is 4.27. The Balaban J connectivity index is 1.36. The molecule has 2 fully saturated rings. The number of pyridine rings is 1. The van der Waals surface area contributed by atoms with Crippen LogP contribution in [0.5, 0.6) is 0 Å². The van der Waals surface area contributed by atoms with Gasteiger partial charge in [-0.3, -0.25) is 4.79 Å². The van der Waals surface area contributed by atoms with Gasteiger partial charge < -0.3 is 29.0 Å². The fraction of sp³-hybridized carbons (Fsp3) is 0.394. The van der Waals surface area contributed by atoms with Crippen molar-refractivity contribution in [3.8, 4) is 11.3 Å². The highest BCUT2D eigenvalue weighted by Crippen LogP contribution is 2.36. The molecular weight excluding hydrogens is 558 g/mol. The fourth-order valence-electron chi connectivity index (χ4n) is 6.40. The number of carbonyl (C=O) groups excluding carboxylic acids is 1. The molecule has 1 saturated carbocycles. The molecule has 1 amide bonds. The second kappa shape index (κ2) is 12.0. The summed E-state index contributed by atoms with van der Waals surface area (Å²) in [7, 11) is 5.43. The van der Waals surface area contributed by atoms with Crippen molar-refractivity contribution in [1.29, 1.82) is 0 Å². The smallest absolute Gasteiger partial charge is 0.257 e. The van der Waals surface area contributed by atoms with Crippen molar-refractivity contribution in [2.24, 2.45) is 0 Å². The van der Waals surface area contributed by atoms with Crippen LogP contribution in [0.2, 0.25) is 0 Å². The maximum Gasteiger partial charge on any atom is 0.257 e. The minimum Gasteiger partial charge on any atom is -0.379 e. The average molecular weight is 596 g/mol. The largest absolute Gasteiger partial charge is 0.379 e. The van der Waals surface area contributed by atoms with Gasteiger partial charge in [0.15, 0.2) is 5.65 Å². The molecule has 0 bridgehead atoms. The third-order valence-electron chi connectivity index (χ3n) is 8.98. The van der Waals surface area contributed by atoms with E-state index < -0.39 is 0 Å². The fourth-order valence-corrected chi connectivity index (χ4v) is 6.40. The molecule has 44 heavy (non-hydrogen) atoms. The number of hydrogen-bond acceptors (Lipinski definition) is 8. The summed E-state index contributed by atoms with van der Waals surface area (Å²) in [5.41, 5.74) is 4.60. The number of carbonyl (C=O) groups is 1. The number of rotatable bonds is 9. The van der Waals surface area contributed by atoms with E-state index in [0.29, 0.717) is 31.0 Å². The Bertz CT molecular complexity index is 1780. The van der Waals surface area contributed by atoms with E-state index in [0.717, 1.165) is 52.9 Å². The van der Waals surface area contributed by atoms with Gasteiger partial charge in [0.25, 0.3) is 5.91 Å². The van der Waals surface area contributed by atoms with Crippen molar-refractivity contribution in [1.82, 2.24) is 29.5 Å². The van der Waals surface area contributed by atoms with Crippen molar-refractivity contribution >= 4 is 28.4 Å². The van der Waals surface area contributed by atoms with Crippen LogP contribution >= 0.6 is 0 Å². The molecule has 0 spiro atoms. The summed E-state index contributed by atoms with van der Waals surface area (Å²) in [4.78, 5) is 25.6. The van der Waals surface area contributed by atoms with Crippen molar-refractivity contribution in [3.63, 3.8) is 0 Å². The number of methoxy groups -OCH3 is 2. The van der Waals surface area contributed by atoms with E-state index in [1.54, 1.807) is 24.9 Å². The number of anilines is 1. The zero-order valence-corrected chi connectivity index (χ0v) is 25.2. The highest BCUT2D eigenvalue weighted by Gasteiger charge is 2.34. The first-order chi connectivity index (χ1) is 21.6. The number of aromatic nitrogens is 5. The van der Waals surface area contributed by atoms with Crippen LogP contribution in [0.3, 0.4) is 0 Å². The average Bonchev–Trinajstić information content (AvgIpc) is 3.65. The molecule has 11 heteroatoms. The second-order valence-corrected chi connectivity index (χ2v) is 11.6. The summed E-state index contributed by atoms with van der Waals surface area (Å²) < 4.78 is 21.0. The first-order valence-electron chi connectivity index (χ1n) is 15.1. The van der Waals surface area contributed by atoms with Crippen LogP contribution in [-0.2, 0) is 20.8 Å². The van der Waals surface area contributed by atoms with Crippen molar-refractivity contribution in [2.45, 2.75) is 50.1 Å². The second-order valence-electron chi connectivity index (χ2n) is 11.6. The molecule has 4 aromatic heterocycles. The van der Waals surface area contributed by atoms with Gasteiger partial charge in [-0.05, 0) is 37.0 Å². The molecule has 7 rings (SSSR count). The van der Waals surface area contributed by atoms with E-state index in [2.05, 4.69) is 44.3 Å². The molecule has 0 radical (unpaired) electrons. The van der Waals surface area contributed by atoms with E-state index >= 15 is 0 Å². The Morgan fingerprint density at radius 3 is 2.68 bits per heavy atom. The van der Waals surface area contributed by atoms with Gasteiger partial charge in [0.05, 0.1) is 36.7 Å². The first-order valence-corrected chi connectivity index (χ1v) is 15.1. The number of ether oxygens (including phenoxy) is 3. The Morgan fingerprint density at radius 2 is 1.91 bits per heavy atom. The normalized spacial score (nSPS) is 21.8. The van der Waals surface area contributed by atoms with Gasteiger partial charge in [-0.2, -0.15) is 9.61 Å². The monoisotopic (exact) mass is 595 g/mol. The molecule has 1 aliphatic carbocycles. The standard InChI is InChI=1S/C33H37N7O4/c1-38(18-21-8-5-4-6-9-21)30-16-26(36-32-23(17-35-40(30)32)33(41)37-25-11-12-28(25)42-2)24-19-39(31-22(24)10-7-14-34-31)27-13-15-44-20-29(27)43-3/h4-10,14,16-17,19,25,27-29H,11-13,15,18,20H2,1-3H3,(H,37,41)/t25?,27-,28-,29+/m0/s1. The molecule has 11 nitrogen and oxygen atoms in total. The van der Waals surface area contributed by atoms with E-state index in [1.807, 2.05) is 43.6 Å². The lowest BCUT2D eigenvalue weighted by Gasteiger charge is -2.35. The zero-order chi connectivity index (χ0) is 30.2. The van der Waals surface area contributed by atoms with E-state index in [1.165, 1.54) is 0 Å². The number of nitrogens with one attached hydrogen (secondary N) is 1. The van der Waals surface area contributed by atoms with Crippen molar-refractivity contribution in [3.05, 3.63) is 78.2 Å². The third-order valence-corrected chi connectivity index (χ3v) is 8.98. The Labute approximate surface area is 255 Å². The van der Waals surface area contributed by atoms with Crippen molar-refractivity contribution in [2.75, 3.05) is 39.4 Å². The van der Waals surface area contributed by atoms with Gasteiger partial charge in [0.2, 0.25) is 0 Å². The molecule has 1 aromatic carbocycles. The maximum atomic E-state index is 13.6. The van der Waals surface area contributed by atoms with Crippen molar-refractivity contribution < 1.29 is 19.0 Å². The summed E-state index contributed by atoms with van der Waals surface area (Å²) in [5.74, 6) is 0.610. The molecule has 1 N–H and O–H groups in total. The van der Waals surface area contributed by atoms with Crippen LogP contribution in [0.4, 0.5) is 5.82 Å². The number of fused-ring (bicyclic) bond motifs is 2. The molecule has 5 aromatic rings. The Morgan fingerprint density at radius 1 is 1.07 bits per heavy atom. The summed E-state index contributed by atoms with van der Waals surface area (Å²) in [6, 6.07) is 16.4. The lowest BCUT2D eigenvalue weighted by molar-refractivity contribution is -0.0592. The molecule has 1 unspecified atom stereocenters. The van der Waals surface area contributed by atoms with Crippen LogP contribution in [0, 0.1) is 0 Å². The Hall–Kier alpha value is -4.32. The lowest BCUT2D eigenvalue weighted by Crippen LogP contribution is -2.51. The Kier molecular flexibility index (Phi) is 7.75. The minimum absolute atomic E-state index is 0.0246. The van der Waals surface area contributed by atoms with Gasteiger partial charge in [-0.1, -0.05) is 30.3 Å². The SMILES string of the molecule is CO[C@H]1CCC1NC(=O)c1cnn2c(N(C)Cc3ccccc3)cc(-c3cn([C@H]4CCOC[C@H]4OC)c4ncccc34)nc12. The number of hydrogen-bond donors (Lipinski definition) is 1. The molecule has 1 saturated heterocycles. The van der Waals surface area contributed by atoms with Crippen LogP contribution in [0.25, 0.3) is 27.9 Å². The van der Waals surface area contributed by atoms with E-state index in [9.17, 15) is 4.79 Å². The van der Waals surface area contributed by atoms with E-state index in [-0.39, 0.29) is 30.2 Å². The molecule has 5 heterocycles. The lowest BCUT2D eigenvalue weighted by atomic mass is 9.89. The molecule has 2 aliphatic rings. The summed E-state index contributed by atoms with van der Waals surface area (Å²) in [5, 5.41) is 8.78. The molecule has 1 aliphatic heterocycles. The van der Waals surface area contributed by atoms with Gasteiger partial charge in [0, 0.05) is 63.8 Å². The van der Waals surface area contributed by atoms with Crippen LogP contribution in [0.1, 0.15) is 41.2 Å². The van der Waals surface area contributed by atoms with Gasteiger partial charge in [0.1, 0.15) is 23.1 Å². The topological polar surface area (TPSA) is 108 Å². The molecular formula is C33H37N7O4. The first kappa shape index (κ1) is 28.5. The molecule has 4 atom stereocenters. The van der Waals surface area contributed by atoms with Crippen LogP contribution in [-0.4, -0.2) is 82.8 Å². The highest BCUT2D eigenvalue weighted by atomic mass is 16.5. The summed E-state index contributed by atoms with van der Waals surface area (Å²) in [6.45, 7) is 1.84. The van der Waals surface area contributed by atoms with Gasteiger partial charge >= 0.3 is 0 Å². The third kappa shape index (κ3) is 5.10. The van der Waals surface area contributed by atoms with Gasteiger partial charge in [-0.15, -0.1) is 0 Å². The van der Waals surface area contributed by atoms with E-state index in [4.69, 9.17) is 24.2 Å².